The van der Waals surface area contributed by atoms with Gasteiger partial charge in [0.05, 0.1) is 7.11 Å². The third kappa shape index (κ3) is 4.10. The molecular weight excluding hydrogens is 394 g/mol. The van der Waals surface area contributed by atoms with E-state index in [2.05, 4.69) is 4.72 Å². The van der Waals surface area contributed by atoms with Crippen LogP contribution in [-0.2, 0) is 14.8 Å². The quantitative estimate of drug-likeness (QED) is 0.600. The van der Waals surface area contributed by atoms with E-state index in [-0.39, 0.29) is 9.77 Å². The highest BCUT2D eigenvalue weighted by atomic mass is 32.2. The molecule has 146 valence electrons. The molecule has 0 unspecified atom stereocenters. The summed E-state index contributed by atoms with van der Waals surface area (Å²) in [6.45, 7) is 5.75. The monoisotopic (exact) mass is 415 g/mol. The number of ether oxygens (including phenoxy) is 1. The van der Waals surface area contributed by atoms with Gasteiger partial charge < -0.3 is 4.74 Å². The fourth-order valence-corrected chi connectivity index (χ4v) is 5.78. The average Bonchev–Trinajstić information content (AvgIpc) is 3.06. The highest BCUT2D eigenvalue weighted by molar-refractivity contribution is 7.93. The second-order valence-corrected chi connectivity index (χ2v) is 9.15. The minimum absolute atomic E-state index is 0.0509. The van der Waals surface area contributed by atoms with E-state index in [9.17, 15) is 13.2 Å². The Morgan fingerprint density at radius 2 is 1.57 bits per heavy atom. The Balaban J connectivity index is 2.15. The first-order valence-corrected chi connectivity index (χ1v) is 11.0. The van der Waals surface area contributed by atoms with Crippen molar-refractivity contribution in [1.29, 1.82) is 0 Å². The summed E-state index contributed by atoms with van der Waals surface area (Å²) in [6, 6.07) is 12.9. The minimum Gasteiger partial charge on any atom is -0.465 e. The van der Waals surface area contributed by atoms with Gasteiger partial charge in [-0.2, -0.15) is 0 Å². The normalized spacial score (nSPS) is 11.3. The lowest BCUT2D eigenvalue weighted by Crippen LogP contribution is -2.17. The number of methoxy groups -OCH3 is 1. The van der Waals surface area contributed by atoms with Crippen LogP contribution in [0.5, 0.6) is 0 Å². The summed E-state index contributed by atoms with van der Waals surface area (Å²) in [6.07, 6.45) is 0. The second kappa shape index (κ2) is 7.77. The zero-order chi connectivity index (χ0) is 20.5. The first-order valence-electron chi connectivity index (χ1n) is 8.59. The number of nitrogens with one attached hydrogen (secondary N) is 1. The molecular formula is C21H21NO4S2. The fourth-order valence-electron chi connectivity index (χ4n) is 3.02. The van der Waals surface area contributed by atoms with Gasteiger partial charge in [-0.3, -0.25) is 4.72 Å². The zero-order valence-electron chi connectivity index (χ0n) is 16.1. The van der Waals surface area contributed by atoms with Gasteiger partial charge in [-0.25, -0.2) is 13.2 Å². The van der Waals surface area contributed by atoms with Gasteiger partial charge in [0.1, 0.15) is 9.77 Å². The van der Waals surface area contributed by atoms with Crippen LogP contribution in [0.1, 0.15) is 26.4 Å². The molecule has 0 saturated carbocycles. The van der Waals surface area contributed by atoms with Gasteiger partial charge in [-0.15, -0.1) is 11.3 Å². The summed E-state index contributed by atoms with van der Waals surface area (Å²) >= 11 is 1.06. The Morgan fingerprint density at radius 3 is 2.14 bits per heavy atom. The molecule has 3 rings (SSSR count). The van der Waals surface area contributed by atoms with Crippen LogP contribution < -0.4 is 4.72 Å². The van der Waals surface area contributed by atoms with E-state index in [1.165, 1.54) is 7.11 Å². The van der Waals surface area contributed by atoms with Crippen LogP contribution in [0.15, 0.2) is 52.7 Å². The van der Waals surface area contributed by atoms with Crippen molar-refractivity contribution in [3.8, 4) is 11.1 Å². The van der Waals surface area contributed by atoms with Crippen molar-refractivity contribution >= 4 is 33.0 Å². The van der Waals surface area contributed by atoms with E-state index in [1.54, 1.807) is 17.5 Å². The van der Waals surface area contributed by atoms with Gasteiger partial charge in [-0.1, -0.05) is 35.9 Å². The molecule has 1 aromatic heterocycles. The molecule has 0 aliphatic heterocycles. The molecule has 0 fully saturated rings. The molecule has 0 spiro atoms. The van der Waals surface area contributed by atoms with Crippen LogP contribution in [0.3, 0.4) is 0 Å². The van der Waals surface area contributed by atoms with Gasteiger partial charge in [0.25, 0.3) is 10.0 Å². The summed E-state index contributed by atoms with van der Waals surface area (Å²) in [5.74, 6) is -0.677. The number of rotatable bonds is 5. The molecule has 0 radical (unpaired) electrons. The largest absolute Gasteiger partial charge is 0.465 e. The van der Waals surface area contributed by atoms with Gasteiger partial charge >= 0.3 is 5.97 Å². The molecule has 1 heterocycles. The summed E-state index contributed by atoms with van der Waals surface area (Å²) < 4.78 is 34.0. The number of anilines is 1. The molecule has 0 atom stereocenters. The molecule has 3 aromatic rings. The number of benzene rings is 2. The smallest absolute Gasteiger partial charge is 0.349 e. The maximum atomic E-state index is 13.3. The number of aryl methyl sites for hydroxylation is 3. The fraction of sp³-hybridized carbons (Fsp3) is 0.190. The molecule has 7 heteroatoms. The van der Waals surface area contributed by atoms with Crippen LogP contribution in [0.2, 0.25) is 0 Å². The van der Waals surface area contributed by atoms with Crippen molar-refractivity contribution in [2.45, 2.75) is 25.7 Å². The van der Waals surface area contributed by atoms with Crippen molar-refractivity contribution in [2.75, 3.05) is 11.8 Å². The average molecular weight is 416 g/mol. The molecule has 0 amide bonds. The Bertz CT molecular complexity index is 1110. The molecule has 1 N–H and O–H groups in total. The van der Waals surface area contributed by atoms with E-state index < -0.39 is 16.0 Å². The van der Waals surface area contributed by atoms with Crippen molar-refractivity contribution in [3.63, 3.8) is 0 Å². The maximum absolute atomic E-state index is 13.3. The molecule has 2 aromatic carbocycles. The maximum Gasteiger partial charge on any atom is 0.349 e. The number of sulfonamides is 1. The third-order valence-corrected chi connectivity index (χ3v) is 6.78. The van der Waals surface area contributed by atoms with E-state index in [0.29, 0.717) is 11.3 Å². The first-order chi connectivity index (χ1) is 13.2. The number of thiophene rings is 1. The van der Waals surface area contributed by atoms with Gasteiger partial charge in [0.2, 0.25) is 0 Å². The summed E-state index contributed by atoms with van der Waals surface area (Å²) in [5, 5.41) is 1.67. The van der Waals surface area contributed by atoms with E-state index in [0.717, 1.165) is 33.6 Å². The van der Waals surface area contributed by atoms with Crippen LogP contribution >= 0.6 is 11.3 Å². The van der Waals surface area contributed by atoms with E-state index >= 15 is 0 Å². The number of hydrogen-bond donors (Lipinski definition) is 1. The molecule has 0 aliphatic carbocycles. The highest BCUT2D eigenvalue weighted by Gasteiger charge is 2.30. The molecule has 0 aliphatic rings. The van der Waals surface area contributed by atoms with Crippen molar-refractivity contribution in [3.05, 3.63) is 69.4 Å². The Hall–Kier alpha value is -2.64. The lowest BCUT2D eigenvalue weighted by atomic mass is 10.1. The van der Waals surface area contributed by atoms with E-state index in [4.69, 9.17) is 4.74 Å². The summed E-state index contributed by atoms with van der Waals surface area (Å²) in [5.41, 5.74) is 4.59. The van der Waals surface area contributed by atoms with Crippen LogP contribution in [0.4, 0.5) is 5.69 Å². The van der Waals surface area contributed by atoms with Crippen LogP contribution in [0, 0.1) is 20.8 Å². The molecule has 28 heavy (non-hydrogen) atoms. The van der Waals surface area contributed by atoms with Crippen LogP contribution in [0.25, 0.3) is 11.1 Å². The van der Waals surface area contributed by atoms with E-state index in [1.807, 2.05) is 51.1 Å². The number of esters is 1. The predicted octanol–water partition coefficient (Wildman–Crippen LogP) is 4.93. The lowest BCUT2D eigenvalue weighted by molar-refractivity contribution is 0.0602. The minimum atomic E-state index is -4.02. The SMILES string of the molecule is COC(=O)c1scc(-c2ccc(C)cc2)c1S(=O)(=O)Nc1cc(C)cc(C)c1. The molecule has 5 nitrogen and oxygen atoms in total. The lowest BCUT2D eigenvalue weighted by Gasteiger charge is -2.12. The van der Waals surface area contributed by atoms with Crippen LogP contribution in [-0.4, -0.2) is 21.5 Å². The Kier molecular flexibility index (Phi) is 5.58. The second-order valence-electron chi connectivity index (χ2n) is 6.65. The highest BCUT2D eigenvalue weighted by Crippen LogP contribution is 2.37. The van der Waals surface area contributed by atoms with Crippen molar-refractivity contribution < 1.29 is 17.9 Å². The molecule has 0 bridgehead atoms. The molecule has 0 saturated heterocycles. The van der Waals surface area contributed by atoms with Gasteiger partial charge in [0, 0.05) is 16.6 Å². The Labute approximate surface area is 169 Å². The first kappa shape index (κ1) is 20.1. The van der Waals surface area contributed by atoms with Gasteiger partial charge in [-0.05, 0) is 49.6 Å². The van der Waals surface area contributed by atoms with Crippen molar-refractivity contribution in [2.24, 2.45) is 0 Å². The summed E-state index contributed by atoms with van der Waals surface area (Å²) in [7, 11) is -2.78. The number of carbonyl (C=O) groups is 1. The third-order valence-electron chi connectivity index (χ3n) is 4.22. The van der Waals surface area contributed by atoms with Gasteiger partial charge in [0.15, 0.2) is 0 Å². The topological polar surface area (TPSA) is 72.5 Å². The predicted molar refractivity (Wildman–Crippen MR) is 113 cm³/mol. The Morgan fingerprint density at radius 1 is 0.964 bits per heavy atom. The number of carbonyl (C=O) groups excluding carboxylic acids is 1. The standard InChI is InChI=1S/C21H21NO4S2/c1-13-5-7-16(8-6-13)18-12-27-19(21(23)26-4)20(18)28(24,25)22-17-10-14(2)9-15(3)11-17/h5-12,22H,1-4H3. The summed E-state index contributed by atoms with van der Waals surface area (Å²) in [4.78, 5) is 12.2. The number of hydrogen-bond acceptors (Lipinski definition) is 5. The zero-order valence-corrected chi connectivity index (χ0v) is 17.7. The van der Waals surface area contributed by atoms with Crippen molar-refractivity contribution in [1.82, 2.24) is 0 Å².